The molecule has 2 rings (SSSR count). The van der Waals surface area contributed by atoms with Crippen LogP contribution in [0.15, 0.2) is 24.7 Å². The molecule has 0 spiro atoms. The number of hydrogen-bond donors (Lipinski definition) is 1. The van der Waals surface area contributed by atoms with Gasteiger partial charge in [-0.3, -0.25) is 14.8 Å². The summed E-state index contributed by atoms with van der Waals surface area (Å²) in [6.07, 6.45) is 5.29. The topological polar surface area (TPSA) is 103 Å². The number of hydrogen-bond acceptors (Lipinski definition) is 4. The molecule has 0 saturated carbocycles. The van der Waals surface area contributed by atoms with Crippen LogP contribution in [-0.2, 0) is 20.0 Å². The number of aromatic nitrogens is 3. The van der Waals surface area contributed by atoms with E-state index in [1.54, 1.807) is 17.9 Å². The van der Waals surface area contributed by atoms with Crippen molar-refractivity contribution in [3.8, 4) is 0 Å². The minimum Gasteiger partial charge on any atom is -0.477 e. The number of carboxylic acids is 1. The Morgan fingerprint density at radius 1 is 1.53 bits per heavy atom. The molecule has 0 unspecified atom stereocenters. The maximum absolute atomic E-state index is 11.0. The van der Waals surface area contributed by atoms with E-state index in [0.29, 0.717) is 13.0 Å². The van der Waals surface area contributed by atoms with Gasteiger partial charge in [-0.05, 0) is 12.0 Å². The second-order valence-electron chi connectivity index (χ2n) is 4.11. The lowest BCUT2D eigenvalue weighted by molar-refractivity contribution is -0.384. The van der Waals surface area contributed by atoms with Crippen LogP contribution in [0, 0.1) is 10.1 Å². The number of aromatic carboxylic acids is 1. The van der Waals surface area contributed by atoms with Crippen LogP contribution in [0.4, 0.5) is 5.69 Å². The van der Waals surface area contributed by atoms with Gasteiger partial charge >= 0.3 is 5.97 Å². The zero-order valence-corrected chi connectivity index (χ0v) is 10.2. The van der Waals surface area contributed by atoms with Crippen molar-refractivity contribution in [2.24, 2.45) is 7.05 Å². The first kappa shape index (κ1) is 12.8. The van der Waals surface area contributed by atoms with E-state index < -0.39 is 10.9 Å². The Labute approximate surface area is 108 Å². The fourth-order valence-corrected chi connectivity index (χ4v) is 1.81. The highest BCUT2D eigenvalue weighted by Gasteiger charge is 2.18. The molecule has 1 N–H and O–H groups in total. The van der Waals surface area contributed by atoms with E-state index in [4.69, 9.17) is 5.11 Å². The second kappa shape index (κ2) is 4.92. The Morgan fingerprint density at radius 2 is 2.26 bits per heavy atom. The third-order valence-corrected chi connectivity index (χ3v) is 2.71. The molecule has 0 aliphatic rings. The Morgan fingerprint density at radius 3 is 2.79 bits per heavy atom. The molecule has 0 aromatic carbocycles. The molecule has 2 aromatic rings. The van der Waals surface area contributed by atoms with Crippen molar-refractivity contribution < 1.29 is 14.8 Å². The summed E-state index contributed by atoms with van der Waals surface area (Å²) >= 11 is 0. The van der Waals surface area contributed by atoms with Crippen molar-refractivity contribution in [1.82, 2.24) is 14.3 Å². The molecule has 8 heteroatoms. The number of carboxylic acid groups (broad SMARTS) is 1. The van der Waals surface area contributed by atoms with Gasteiger partial charge in [-0.2, -0.15) is 5.10 Å². The summed E-state index contributed by atoms with van der Waals surface area (Å²) in [5, 5.41) is 23.7. The summed E-state index contributed by atoms with van der Waals surface area (Å²) in [7, 11) is 1.78. The average Bonchev–Trinajstić information content (AvgIpc) is 2.92. The smallest absolute Gasteiger partial charge is 0.352 e. The third-order valence-electron chi connectivity index (χ3n) is 2.71. The molecular weight excluding hydrogens is 252 g/mol. The molecule has 0 aliphatic heterocycles. The summed E-state index contributed by atoms with van der Waals surface area (Å²) in [5.74, 6) is -1.18. The van der Waals surface area contributed by atoms with E-state index in [2.05, 4.69) is 5.10 Å². The molecule has 8 nitrogen and oxygen atoms in total. The largest absolute Gasteiger partial charge is 0.477 e. The number of carbonyl (C=O) groups is 1. The molecule has 2 aromatic heterocycles. The normalized spacial score (nSPS) is 10.6. The van der Waals surface area contributed by atoms with E-state index in [-0.39, 0.29) is 11.4 Å². The fourth-order valence-electron chi connectivity index (χ4n) is 1.81. The summed E-state index contributed by atoms with van der Waals surface area (Å²) in [4.78, 5) is 21.1. The number of aryl methyl sites for hydroxylation is 3. The quantitative estimate of drug-likeness (QED) is 0.642. The molecule has 0 bridgehead atoms. The van der Waals surface area contributed by atoms with Crippen molar-refractivity contribution in [3.63, 3.8) is 0 Å². The average molecular weight is 264 g/mol. The highest BCUT2D eigenvalue weighted by Crippen LogP contribution is 2.17. The molecule has 100 valence electrons. The van der Waals surface area contributed by atoms with Gasteiger partial charge in [0.1, 0.15) is 5.69 Å². The Hall–Kier alpha value is -2.64. The van der Waals surface area contributed by atoms with Gasteiger partial charge in [0, 0.05) is 25.9 Å². The molecule has 0 aliphatic carbocycles. The van der Waals surface area contributed by atoms with Gasteiger partial charge in [0.05, 0.1) is 17.3 Å². The maximum Gasteiger partial charge on any atom is 0.352 e. The van der Waals surface area contributed by atoms with Crippen LogP contribution in [0.25, 0.3) is 0 Å². The predicted octanol–water partition coefficient (Wildman–Crippen LogP) is 1.07. The summed E-state index contributed by atoms with van der Waals surface area (Å²) in [5.41, 5.74) is 0.634. The van der Waals surface area contributed by atoms with Crippen LogP contribution in [0.2, 0.25) is 0 Å². The van der Waals surface area contributed by atoms with E-state index in [0.717, 1.165) is 11.6 Å². The highest BCUT2D eigenvalue weighted by molar-refractivity contribution is 5.86. The van der Waals surface area contributed by atoms with Gasteiger partial charge in [-0.1, -0.05) is 0 Å². The van der Waals surface area contributed by atoms with E-state index >= 15 is 0 Å². The second-order valence-corrected chi connectivity index (χ2v) is 4.11. The first-order valence-electron chi connectivity index (χ1n) is 5.53. The Balaban J connectivity index is 2.18. The van der Waals surface area contributed by atoms with Gasteiger partial charge in [0.15, 0.2) is 0 Å². The summed E-state index contributed by atoms with van der Waals surface area (Å²) < 4.78 is 3.01. The molecular formula is C11H12N4O4. The molecule has 0 saturated heterocycles. The minimum atomic E-state index is -1.18. The van der Waals surface area contributed by atoms with Gasteiger partial charge in [-0.25, -0.2) is 4.79 Å². The summed E-state index contributed by atoms with van der Waals surface area (Å²) in [6.45, 7) is 0.348. The van der Waals surface area contributed by atoms with Crippen molar-refractivity contribution in [3.05, 3.63) is 46.0 Å². The van der Waals surface area contributed by atoms with Crippen LogP contribution in [-0.4, -0.2) is 30.3 Å². The van der Waals surface area contributed by atoms with E-state index in [9.17, 15) is 14.9 Å². The minimum absolute atomic E-state index is 0.0874. The van der Waals surface area contributed by atoms with Gasteiger partial charge in [-0.15, -0.1) is 0 Å². The van der Waals surface area contributed by atoms with E-state index in [1.165, 1.54) is 10.8 Å². The number of rotatable bonds is 5. The van der Waals surface area contributed by atoms with Gasteiger partial charge < -0.3 is 9.67 Å². The lowest BCUT2D eigenvalue weighted by atomic mass is 10.2. The first-order chi connectivity index (χ1) is 8.97. The van der Waals surface area contributed by atoms with Crippen LogP contribution in [0.3, 0.4) is 0 Å². The maximum atomic E-state index is 11.0. The molecule has 0 radical (unpaired) electrons. The monoisotopic (exact) mass is 264 g/mol. The van der Waals surface area contributed by atoms with Crippen LogP contribution < -0.4 is 0 Å². The van der Waals surface area contributed by atoms with Crippen LogP contribution >= 0.6 is 0 Å². The Bertz CT molecular complexity index is 628. The van der Waals surface area contributed by atoms with E-state index in [1.807, 2.05) is 6.20 Å². The number of nitrogens with zero attached hydrogens (tertiary/aromatic N) is 4. The molecule has 2 heterocycles. The van der Waals surface area contributed by atoms with Crippen molar-refractivity contribution in [2.75, 3.05) is 0 Å². The molecule has 0 atom stereocenters. The van der Waals surface area contributed by atoms with Crippen LogP contribution in [0.1, 0.15) is 16.1 Å². The molecule has 0 fully saturated rings. The highest BCUT2D eigenvalue weighted by atomic mass is 16.6. The molecule has 19 heavy (non-hydrogen) atoms. The zero-order chi connectivity index (χ0) is 14.0. The predicted molar refractivity (Wildman–Crippen MR) is 65.0 cm³/mol. The van der Waals surface area contributed by atoms with Crippen molar-refractivity contribution >= 4 is 11.7 Å². The third kappa shape index (κ3) is 2.79. The van der Waals surface area contributed by atoms with Gasteiger partial charge in [0.25, 0.3) is 5.69 Å². The lowest BCUT2D eigenvalue weighted by Crippen LogP contribution is -2.09. The van der Waals surface area contributed by atoms with Gasteiger partial charge in [0.2, 0.25) is 0 Å². The van der Waals surface area contributed by atoms with Crippen LogP contribution in [0.5, 0.6) is 0 Å². The first-order valence-corrected chi connectivity index (χ1v) is 5.53. The molecule has 0 amide bonds. The lowest BCUT2D eigenvalue weighted by Gasteiger charge is -2.03. The van der Waals surface area contributed by atoms with Crippen molar-refractivity contribution in [2.45, 2.75) is 13.0 Å². The SMILES string of the molecule is Cn1cc(CCn2cc([N+](=O)[O-])cc2C(=O)O)cn1. The zero-order valence-electron chi connectivity index (χ0n) is 10.2. The summed E-state index contributed by atoms with van der Waals surface area (Å²) in [6, 6.07) is 1.06. The Kier molecular flexibility index (Phi) is 3.32. The van der Waals surface area contributed by atoms with Crippen molar-refractivity contribution in [1.29, 1.82) is 0 Å². The standard InChI is InChI=1S/C11H12N4O4/c1-13-6-8(5-12-13)2-3-14-7-9(15(18)19)4-10(14)11(16)17/h4-7H,2-3H2,1H3,(H,16,17). The fraction of sp³-hybridized carbons (Fsp3) is 0.273. The number of nitro groups is 1.